The molecule has 4 N–H and O–H groups in total. The zero-order chi connectivity index (χ0) is 18.6. The molecule has 2 aromatic rings. The first kappa shape index (κ1) is 18.5. The van der Waals surface area contributed by atoms with Gasteiger partial charge in [-0.2, -0.15) is 28.1 Å². The zero-order valence-electron chi connectivity index (χ0n) is 12.4. The Bertz CT molecular complexity index is 806. The van der Waals surface area contributed by atoms with E-state index in [1.807, 2.05) is 0 Å². The SMILES string of the molecule is Nc1nc(N)nc(COC(=O)/C=C/c2cc(C(F)(F)F)ccc2Cl)n1. The van der Waals surface area contributed by atoms with Crippen LogP contribution in [-0.2, 0) is 22.3 Å². The van der Waals surface area contributed by atoms with E-state index in [9.17, 15) is 18.0 Å². The van der Waals surface area contributed by atoms with E-state index >= 15 is 0 Å². The van der Waals surface area contributed by atoms with E-state index in [1.54, 1.807) is 0 Å². The van der Waals surface area contributed by atoms with Gasteiger partial charge in [0, 0.05) is 11.1 Å². The Hall–Kier alpha value is -2.88. The Morgan fingerprint density at radius 2 is 1.84 bits per heavy atom. The number of carbonyl (C=O) groups is 1. The van der Waals surface area contributed by atoms with Crippen molar-refractivity contribution in [1.82, 2.24) is 15.0 Å². The van der Waals surface area contributed by atoms with Gasteiger partial charge in [0.05, 0.1) is 5.56 Å². The number of nitrogens with two attached hydrogens (primary N) is 2. The van der Waals surface area contributed by atoms with Gasteiger partial charge >= 0.3 is 12.1 Å². The fourth-order valence-corrected chi connectivity index (χ4v) is 1.89. The first-order chi connectivity index (χ1) is 11.6. The first-order valence-corrected chi connectivity index (χ1v) is 7.00. The van der Waals surface area contributed by atoms with Crippen molar-refractivity contribution < 1.29 is 22.7 Å². The summed E-state index contributed by atoms with van der Waals surface area (Å²) >= 11 is 5.81. The number of nitrogen functional groups attached to an aromatic ring is 2. The van der Waals surface area contributed by atoms with Crippen molar-refractivity contribution in [3.63, 3.8) is 0 Å². The summed E-state index contributed by atoms with van der Waals surface area (Å²) in [5, 5.41) is 0.0510. The van der Waals surface area contributed by atoms with Crippen LogP contribution in [0.1, 0.15) is 17.0 Å². The molecule has 1 aromatic carbocycles. The van der Waals surface area contributed by atoms with E-state index in [4.69, 9.17) is 27.8 Å². The number of anilines is 2. The van der Waals surface area contributed by atoms with Gasteiger partial charge in [0.1, 0.15) is 0 Å². The zero-order valence-corrected chi connectivity index (χ0v) is 13.2. The molecule has 0 atom stereocenters. The van der Waals surface area contributed by atoms with E-state index in [2.05, 4.69) is 15.0 Å². The molecule has 0 amide bonds. The van der Waals surface area contributed by atoms with Gasteiger partial charge in [0.25, 0.3) is 0 Å². The van der Waals surface area contributed by atoms with Crippen LogP contribution in [0.3, 0.4) is 0 Å². The van der Waals surface area contributed by atoms with Gasteiger partial charge in [-0.25, -0.2) is 4.79 Å². The summed E-state index contributed by atoms with van der Waals surface area (Å²) in [5.74, 6) is -1.08. The minimum Gasteiger partial charge on any atom is -0.454 e. The highest BCUT2D eigenvalue weighted by molar-refractivity contribution is 6.32. The fourth-order valence-electron chi connectivity index (χ4n) is 1.71. The predicted molar refractivity (Wildman–Crippen MR) is 83.9 cm³/mol. The highest BCUT2D eigenvalue weighted by atomic mass is 35.5. The molecular weight excluding hydrogens is 363 g/mol. The van der Waals surface area contributed by atoms with Gasteiger partial charge < -0.3 is 16.2 Å². The van der Waals surface area contributed by atoms with Crippen LogP contribution in [0.2, 0.25) is 5.02 Å². The maximum Gasteiger partial charge on any atom is 0.416 e. The number of halogens is 4. The summed E-state index contributed by atoms with van der Waals surface area (Å²) in [6, 6.07) is 2.75. The van der Waals surface area contributed by atoms with Crippen LogP contribution in [0.5, 0.6) is 0 Å². The Kier molecular flexibility index (Phi) is 5.42. The number of benzene rings is 1. The third kappa shape index (κ3) is 5.31. The predicted octanol–water partition coefficient (Wildman–Crippen LogP) is 2.46. The van der Waals surface area contributed by atoms with Gasteiger partial charge in [-0.3, -0.25) is 0 Å². The second kappa shape index (κ2) is 7.34. The van der Waals surface area contributed by atoms with Crippen molar-refractivity contribution >= 4 is 35.5 Å². The molecule has 0 aliphatic carbocycles. The minimum absolute atomic E-state index is 0.0158. The van der Waals surface area contributed by atoms with E-state index < -0.39 is 17.7 Å². The maximum atomic E-state index is 12.7. The van der Waals surface area contributed by atoms with E-state index in [0.717, 1.165) is 30.4 Å². The number of esters is 1. The standard InChI is InChI=1S/C14H11ClF3N5O2/c15-9-3-2-8(14(16,17)18)5-7(9)1-4-11(24)25-6-10-21-12(19)23-13(20)22-10/h1-5H,6H2,(H4,19,20,21,22,23)/b4-1+. The molecule has 0 fully saturated rings. The van der Waals surface area contributed by atoms with Crippen molar-refractivity contribution in [2.45, 2.75) is 12.8 Å². The van der Waals surface area contributed by atoms with Crippen molar-refractivity contribution in [3.8, 4) is 0 Å². The third-order valence-corrected chi connectivity index (χ3v) is 3.13. The van der Waals surface area contributed by atoms with Gasteiger partial charge in [0.15, 0.2) is 12.4 Å². The van der Waals surface area contributed by atoms with Crippen LogP contribution in [0, 0.1) is 0 Å². The molecular formula is C14H11ClF3N5O2. The van der Waals surface area contributed by atoms with Crippen molar-refractivity contribution in [2.24, 2.45) is 0 Å². The summed E-state index contributed by atoms with van der Waals surface area (Å²) in [7, 11) is 0. The van der Waals surface area contributed by atoms with Crippen LogP contribution < -0.4 is 11.5 Å². The van der Waals surface area contributed by atoms with Crippen molar-refractivity contribution in [2.75, 3.05) is 11.5 Å². The van der Waals surface area contributed by atoms with Crippen LogP contribution in [0.4, 0.5) is 25.1 Å². The number of aromatic nitrogens is 3. The average molecular weight is 374 g/mol. The highest BCUT2D eigenvalue weighted by Gasteiger charge is 2.30. The summed E-state index contributed by atoms with van der Waals surface area (Å²) < 4.78 is 42.9. The van der Waals surface area contributed by atoms with Gasteiger partial charge in [-0.1, -0.05) is 11.6 Å². The second-order valence-corrected chi connectivity index (χ2v) is 5.05. The summed E-state index contributed by atoms with van der Waals surface area (Å²) in [6.45, 7) is -0.337. The van der Waals surface area contributed by atoms with Gasteiger partial charge in [-0.15, -0.1) is 0 Å². The summed E-state index contributed by atoms with van der Waals surface area (Å²) in [6.07, 6.45) is -2.49. The lowest BCUT2D eigenvalue weighted by Gasteiger charge is -2.08. The number of carbonyl (C=O) groups excluding carboxylic acids is 1. The number of ether oxygens (including phenoxy) is 1. The molecule has 2 rings (SSSR count). The fraction of sp³-hybridized carbons (Fsp3) is 0.143. The normalized spacial score (nSPS) is 11.7. The van der Waals surface area contributed by atoms with Crippen molar-refractivity contribution in [3.05, 3.63) is 46.2 Å². The lowest BCUT2D eigenvalue weighted by molar-refractivity contribution is -0.139. The molecule has 11 heteroatoms. The van der Waals surface area contributed by atoms with E-state index in [-0.39, 0.29) is 34.9 Å². The Balaban J connectivity index is 2.05. The molecule has 0 aliphatic heterocycles. The molecule has 1 aromatic heterocycles. The highest BCUT2D eigenvalue weighted by Crippen LogP contribution is 2.32. The molecule has 7 nitrogen and oxygen atoms in total. The second-order valence-electron chi connectivity index (χ2n) is 4.64. The lowest BCUT2D eigenvalue weighted by Crippen LogP contribution is -2.09. The quantitative estimate of drug-likeness (QED) is 0.624. The lowest BCUT2D eigenvalue weighted by atomic mass is 10.1. The summed E-state index contributed by atoms with van der Waals surface area (Å²) in [5.41, 5.74) is 9.85. The molecule has 0 aliphatic rings. The number of hydrogen-bond donors (Lipinski definition) is 2. The molecule has 0 bridgehead atoms. The molecule has 0 spiro atoms. The number of rotatable bonds is 4. The molecule has 0 saturated heterocycles. The van der Waals surface area contributed by atoms with Crippen molar-refractivity contribution in [1.29, 1.82) is 0 Å². The average Bonchev–Trinajstić information content (AvgIpc) is 2.50. The molecule has 132 valence electrons. The van der Waals surface area contributed by atoms with E-state index in [1.165, 1.54) is 0 Å². The minimum atomic E-state index is -4.52. The molecule has 1 heterocycles. The monoisotopic (exact) mass is 373 g/mol. The van der Waals surface area contributed by atoms with Crippen LogP contribution >= 0.6 is 11.6 Å². The number of alkyl halides is 3. The third-order valence-electron chi connectivity index (χ3n) is 2.78. The van der Waals surface area contributed by atoms with E-state index in [0.29, 0.717) is 0 Å². The molecule has 0 unspecified atom stereocenters. The molecule has 0 saturated carbocycles. The Morgan fingerprint density at radius 3 is 2.44 bits per heavy atom. The van der Waals surface area contributed by atoms with Gasteiger partial charge in [-0.05, 0) is 29.8 Å². The Labute approximate surface area is 144 Å². The topological polar surface area (TPSA) is 117 Å². The largest absolute Gasteiger partial charge is 0.454 e. The van der Waals surface area contributed by atoms with Crippen LogP contribution in [0.25, 0.3) is 6.08 Å². The Morgan fingerprint density at radius 1 is 1.20 bits per heavy atom. The summed E-state index contributed by atoms with van der Waals surface area (Å²) in [4.78, 5) is 22.6. The smallest absolute Gasteiger partial charge is 0.416 e. The van der Waals surface area contributed by atoms with Crippen LogP contribution in [0.15, 0.2) is 24.3 Å². The van der Waals surface area contributed by atoms with Crippen LogP contribution in [-0.4, -0.2) is 20.9 Å². The number of nitrogens with zero attached hydrogens (tertiary/aromatic N) is 3. The molecule has 25 heavy (non-hydrogen) atoms. The van der Waals surface area contributed by atoms with Gasteiger partial charge in [0.2, 0.25) is 11.9 Å². The molecule has 0 radical (unpaired) electrons. The maximum absolute atomic E-state index is 12.7. The number of hydrogen-bond acceptors (Lipinski definition) is 7. The first-order valence-electron chi connectivity index (χ1n) is 6.62.